The third-order valence-electron chi connectivity index (χ3n) is 2.81. The SMILES string of the molecule is C=CCOc1cc(-c2n[nH]nc2C(=O)OCC)ccc1OC. The Kier molecular flexibility index (Phi) is 5.13. The van der Waals surface area contributed by atoms with Crippen molar-refractivity contribution in [2.75, 3.05) is 20.3 Å². The van der Waals surface area contributed by atoms with Crippen LogP contribution in [0, 0.1) is 0 Å². The number of methoxy groups -OCH3 is 1. The van der Waals surface area contributed by atoms with E-state index < -0.39 is 5.97 Å². The standard InChI is InChI=1S/C15H17N3O4/c1-4-8-22-12-9-10(6-7-11(12)20-3)13-14(17-18-16-13)15(19)21-5-2/h4,6-7,9H,1,5,8H2,2-3H3,(H,16,17,18). The molecule has 0 unspecified atom stereocenters. The third-order valence-corrected chi connectivity index (χ3v) is 2.81. The fraction of sp³-hybridized carbons (Fsp3) is 0.267. The van der Waals surface area contributed by atoms with Gasteiger partial charge in [-0.2, -0.15) is 10.3 Å². The van der Waals surface area contributed by atoms with Crippen LogP contribution >= 0.6 is 0 Å². The highest BCUT2D eigenvalue weighted by atomic mass is 16.5. The van der Waals surface area contributed by atoms with Crippen molar-refractivity contribution in [2.45, 2.75) is 6.92 Å². The van der Waals surface area contributed by atoms with Crippen LogP contribution in [0.25, 0.3) is 11.3 Å². The van der Waals surface area contributed by atoms with E-state index in [4.69, 9.17) is 14.2 Å². The van der Waals surface area contributed by atoms with Crippen LogP contribution in [0.5, 0.6) is 11.5 Å². The number of carbonyl (C=O) groups excluding carboxylic acids is 1. The van der Waals surface area contributed by atoms with Crippen LogP contribution in [0.1, 0.15) is 17.4 Å². The lowest BCUT2D eigenvalue weighted by Gasteiger charge is -2.10. The van der Waals surface area contributed by atoms with E-state index in [1.807, 2.05) is 0 Å². The summed E-state index contributed by atoms with van der Waals surface area (Å²) < 4.78 is 15.7. The number of esters is 1. The van der Waals surface area contributed by atoms with Crippen molar-refractivity contribution in [2.24, 2.45) is 0 Å². The summed E-state index contributed by atoms with van der Waals surface area (Å²) in [5, 5.41) is 10.3. The van der Waals surface area contributed by atoms with Crippen LogP contribution in [-0.4, -0.2) is 41.7 Å². The second kappa shape index (κ2) is 7.26. The lowest BCUT2D eigenvalue weighted by atomic mass is 10.1. The number of hydrogen-bond donors (Lipinski definition) is 1. The first kappa shape index (κ1) is 15.6. The maximum absolute atomic E-state index is 11.9. The minimum Gasteiger partial charge on any atom is -0.493 e. The molecule has 2 rings (SSSR count). The number of nitrogens with zero attached hydrogens (tertiary/aromatic N) is 2. The van der Waals surface area contributed by atoms with E-state index in [-0.39, 0.29) is 12.3 Å². The topological polar surface area (TPSA) is 86.3 Å². The number of benzene rings is 1. The van der Waals surface area contributed by atoms with Gasteiger partial charge in [0, 0.05) is 5.56 Å². The van der Waals surface area contributed by atoms with Gasteiger partial charge in [0.05, 0.1) is 13.7 Å². The van der Waals surface area contributed by atoms with Gasteiger partial charge in [-0.15, -0.1) is 5.10 Å². The van der Waals surface area contributed by atoms with Crippen LogP contribution in [0.2, 0.25) is 0 Å². The summed E-state index contributed by atoms with van der Waals surface area (Å²) in [4.78, 5) is 11.9. The number of H-pyrrole nitrogens is 1. The molecule has 1 heterocycles. The first-order valence-electron chi connectivity index (χ1n) is 6.71. The largest absolute Gasteiger partial charge is 0.493 e. The van der Waals surface area contributed by atoms with Crippen molar-refractivity contribution in [3.05, 3.63) is 36.5 Å². The van der Waals surface area contributed by atoms with Gasteiger partial charge >= 0.3 is 5.97 Å². The Morgan fingerprint density at radius 3 is 2.86 bits per heavy atom. The van der Waals surface area contributed by atoms with Crippen molar-refractivity contribution in [3.8, 4) is 22.8 Å². The molecular weight excluding hydrogens is 286 g/mol. The number of hydrogen-bond acceptors (Lipinski definition) is 6. The van der Waals surface area contributed by atoms with Gasteiger partial charge in [-0.1, -0.05) is 12.7 Å². The zero-order chi connectivity index (χ0) is 15.9. The summed E-state index contributed by atoms with van der Waals surface area (Å²) in [6.45, 7) is 5.94. The van der Waals surface area contributed by atoms with Crippen molar-refractivity contribution in [1.82, 2.24) is 15.4 Å². The number of aromatic nitrogens is 3. The fourth-order valence-electron chi connectivity index (χ4n) is 1.86. The van der Waals surface area contributed by atoms with Gasteiger partial charge in [-0.25, -0.2) is 4.79 Å². The number of aromatic amines is 1. The smallest absolute Gasteiger partial charge is 0.361 e. The predicted molar refractivity (Wildman–Crippen MR) is 80.0 cm³/mol. The van der Waals surface area contributed by atoms with Gasteiger partial charge in [0.2, 0.25) is 0 Å². The molecule has 2 aromatic rings. The first-order valence-corrected chi connectivity index (χ1v) is 6.71. The van der Waals surface area contributed by atoms with Gasteiger partial charge in [0.15, 0.2) is 17.2 Å². The van der Waals surface area contributed by atoms with Gasteiger partial charge in [-0.3, -0.25) is 0 Å². The first-order chi connectivity index (χ1) is 10.7. The van der Waals surface area contributed by atoms with Crippen molar-refractivity contribution >= 4 is 5.97 Å². The second-order valence-electron chi connectivity index (χ2n) is 4.21. The number of nitrogens with one attached hydrogen (secondary N) is 1. The lowest BCUT2D eigenvalue weighted by molar-refractivity contribution is 0.0520. The van der Waals surface area contributed by atoms with Crippen molar-refractivity contribution in [1.29, 1.82) is 0 Å². The Hall–Kier alpha value is -2.83. The van der Waals surface area contributed by atoms with Crippen molar-refractivity contribution in [3.63, 3.8) is 0 Å². The Morgan fingerprint density at radius 1 is 1.36 bits per heavy atom. The van der Waals surface area contributed by atoms with E-state index in [2.05, 4.69) is 22.0 Å². The van der Waals surface area contributed by atoms with Crippen LogP contribution in [0.3, 0.4) is 0 Å². The highest BCUT2D eigenvalue weighted by molar-refractivity contribution is 5.94. The average Bonchev–Trinajstić information content (AvgIpc) is 3.02. The Labute approximate surface area is 127 Å². The van der Waals surface area contributed by atoms with E-state index in [0.717, 1.165) is 0 Å². The minimum atomic E-state index is -0.532. The normalized spacial score (nSPS) is 10.1. The quantitative estimate of drug-likeness (QED) is 0.623. The Morgan fingerprint density at radius 2 is 2.18 bits per heavy atom. The van der Waals surface area contributed by atoms with Crippen LogP contribution in [-0.2, 0) is 4.74 Å². The van der Waals surface area contributed by atoms with Crippen LogP contribution in [0.4, 0.5) is 0 Å². The number of rotatable bonds is 7. The monoisotopic (exact) mass is 303 g/mol. The summed E-state index contributed by atoms with van der Waals surface area (Å²) in [5.74, 6) is 0.570. The van der Waals surface area contributed by atoms with Gasteiger partial charge in [0.1, 0.15) is 12.3 Å². The molecule has 7 nitrogen and oxygen atoms in total. The van der Waals surface area contributed by atoms with E-state index >= 15 is 0 Å². The zero-order valence-corrected chi connectivity index (χ0v) is 12.5. The zero-order valence-electron chi connectivity index (χ0n) is 12.5. The molecule has 0 aliphatic carbocycles. The number of ether oxygens (including phenoxy) is 3. The molecule has 116 valence electrons. The fourth-order valence-corrected chi connectivity index (χ4v) is 1.86. The van der Waals surface area contributed by atoms with Gasteiger partial charge < -0.3 is 14.2 Å². The molecular formula is C15H17N3O4. The summed E-state index contributed by atoms with van der Waals surface area (Å²) >= 11 is 0. The van der Waals surface area contributed by atoms with E-state index in [1.165, 1.54) is 0 Å². The molecule has 0 bridgehead atoms. The molecule has 0 aliphatic heterocycles. The van der Waals surface area contributed by atoms with E-state index in [0.29, 0.717) is 29.4 Å². The molecule has 1 aromatic carbocycles. The maximum Gasteiger partial charge on any atom is 0.361 e. The van der Waals surface area contributed by atoms with Crippen LogP contribution < -0.4 is 9.47 Å². The molecule has 22 heavy (non-hydrogen) atoms. The molecule has 0 fully saturated rings. The maximum atomic E-state index is 11.9. The second-order valence-corrected chi connectivity index (χ2v) is 4.21. The van der Waals surface area contributed by atoms with E-state index in [1.54, 1.807) is 38.3 Å². The van der Waals surface area contributed by atoms with Gasteiger partial charge in [-0.05, 0) is 25.1 Å². The summed E-state index contributed by atoms with van der Waals surface area (Å²) in [6, 6.07) is 5.22. The Bertz CT molecular complexity index is 667. The summed E-state index contributed by atoms with van der Waals surface area (Å²) in [5.41, 5.74) is 1.18. The molecule has 1 N–H and O–H groups in total. The molecule has 0 atom stereocenters. The molecule has 0 saturated heterocycles. The molecule has 0 spiro atoms. The highest BCUT2D eigenvalue weighted by Crippen LogP contribution is 2.32. The molecule has 7 heteroatoms. The third kappa shape index (κ3) is 3.25. The minimum absolute atomic E-state index is 0.127. The molecule has 0 radical (unpaired) electrons. The van der Waals surface area contributed by atoms with Crippen LogP contribution in [0.15, 0.2) is 30.9 Å². The highest BCUT2D eigenvalue weighted by Gasteiger charge is 2.20. The number of carbonyl (C=O) groups is 1. The molecule has 0 saturated carbocycles. The van der Waals surface area contributed by atoms with Crippen molar-refractivity contribution < 1.29 is 19.0 Å². The molecule has 0 aliphatic rings. The average molecular weight is 303 g/mol. The summed E-state index contributed by atoms with van der Waals surface area (Å²) in [7, 11) is 1.55. The molecule has 0 amide bonds. The van der Waals surface area contributed by atoms with Gasteiger partial charge in [0.25, 0.3) is 0 Å². The van der Waals surface area contributed by atoms with E-state index in [9.17, 15) is 4.79 Å². The Balaban J connectivity index is 2.39. The lowest BCUT2D eigenvalue weighted by Crippen LogP contribution is -2.07. The predicted octanol–water partition coefficient (Wildman–Crippen LogP) is 2.22. The molecule has 1 aromatic heterocycles. The summed E-state index contributed by atoms with van der Waals surface area (Å²) in [6.07, 6.45) is 1.63.